The highest BCUT2D eigenvalue weighted by atomic mass is 35.5. The maximum atomic E-state index is 11.8. The number of unbranched alkanes of at least 4 members (excludes halogenated alkanes) is 1. The van der Waals surface area contributed by atoms with Gasteiger partial charge < -0.3 is 11.1 Å². The van der Waals surface area contributed by atoms with Crippen LogP contribution >= 0.6 is 12.4 Å². The van der Waals surface area contributed by atoms with Crippen LogP contribution in [-0.4, -0.2) is 34.0 Å². The Morgan fingerprint density at radius 1 is 1.24 bits per heavy atom. The van der Waals surface area contributed by atoms with Crippen LogP contribution < -0.4 is 11.1 Å². The third-order valence-corrected chi connectivity index (χ3v) is 2.88. The van der Waals surface area contributed by atoms with Gasteiger partial charge in [-0.1, -0.05) is 35.5 Å². The second-order valence-electron chi connectivity index (χ2n) is 4.54. The lowest BCUT2D eigenvalue weighted by atomic mass is 10.2. The molecule has 1 heterocycles. The molecule has 114 valence electrons. The van der Waals surface area contributed by atoms with Crippen LogP contribution in [0.2, 0.25) is 0 Å². The predicted molar refractivity (Wildman–Crippen MR) is 83.4 cm³/mol. The molecule has 0 unspecified atom stereocenters. The Bertz CT molecular complexity index is 543. The van der Waals surface area contributed by atoms with Crippen LogP contribution in [0, 0.1) is 0 Å². The minimum absolute atomic E-state index is 0. The van der Waals surface area contributed by atoms with E-state index in [-0.39, 0.29) is 18.3 Å². The number of nitrogens with zero attached hydrogens (tertiary/aromatic N) is 3. The maximum absolute atomic E-state index is 11.8. The third-order valence-electron chi connectivity index (χ3n) is 2.88. The summed E-state index contributed by atoms with van der Waals surface area (Å²) in [5.41, 5.74) is 6.85. The first kappa shape index (κ1) is 17.1. The second kappa shape index (κ2) is 9.10. The van der Waals surface area contributed by atoms with E-state index in [1.165, 1.54) is 0 Å². The molecule has 6 nitrogen and oxygen atoms in total. The van der Waals surface area contributed by atoms with Crippen molar-refractivity contribution in [2.75, 3.05) is 13.1 Å². The van der Waals surface area contributed by atoms with Gasteiger partial charge in [0, 0.05) is 6.54 Å². The molecule has 0 aliphatic rings. The molecule has 0 bridgehead atoms. The molecular weight excluding hydrogens is 290 g/mol. The van der Waals surface area contributed by atoms with E-state index >= 15 is 0 Å². The highest BCUT2D eigenvalue weighted by Gasteiger charge is 2.09. The molecule has 1 aromatic heterocycles. The van der Waals surface area contributed by atoms with Crippen molar-refractivity contribution in [1.29, 1.82) is 0 Å². The SMILES string of the molecule is Cl.NCCCCNC(=O)c1cn(Cc2ccccc2)nn1. The predicted octanol–water partition coefficient (Wildman–Crippen LogP) is 1.22. The van der Waals surface area contributed by atoms with Crippen LogP contribution in [0.1, 0.15) is 28.9 Å². The molecule has 0 fully saturated rings. The van der Waals surface area contributed by atoms with Crippen molar-refractivity contribution in [3.63, 3.8) is 0 Å². The van der Waals surface area contributed by atoms with E-state index in [2.05, 4.69) is 15.6 Å². The Balaban J connectivity index is 0.00000220. The molecule has 0 saturated carbocycles. The highest BCUT2D eigenvalue weighted by molar-refractivity contribution is 5.91. The molecular formula is C14H20ClN5O. The molecule has 0 spiro atoms. The van der Waals surface area contributed by atoms with Crippen molar-refractivity contribution in [2.24, 2.45) is 5.73 Å². The summed E-state index contributed by atoms with van der Waals surface area (Å²) in [4.78, 5) is 11.8. The molecule has 0 saturated heterocycles. The Hall–Kier alpha value is -1.92. The summed E-state index contributed by atoms with van der Waals surface area (Å²) in [6.45, 7) is 1.86. The average molecular weight is 310 g/mol. The minimum Gasteiger partial charge on any atom is -0.351 e. The van der Waals surface area contributed by atoms with Gasteiger partial charge in [0.15, 0.2) is 5.69 Å². The van der Waals surface area contributed by atoms with E-state index in [4.69, 9.17) is 5.73 Å². The van der Waals surface area contributed by atoms with Crippen molar-refractivity contribution < 1.29 is 4.79 Å². The van der Waals surface area contributed by atoms with E-state index in [1.54, 1.807) is 10.9 Å². The standard InChI is InChI=1S/C14H19N5O.ClH/c15-8-4-5-9-16-14(20)13-11-19(18-17-13)10-12-6-2-1-3-7-12;/h1-3,6-7,11H,4-5,8-10,15H2,(H,16,20);1H. The molecule has 3 N–H and O–H groups in total. The normalized spacial score (nSPS) is 9.95. The number of rotatable bonds is 7. The summed E-state index contributed by atoms with van der Waals surface area (Å²) < 4.78 is 1.66. The van der Waals surface area contributed by atoms with Gasteiger partial charge in [-0.05, 0) is 24.9 Å². The Labute approximate surface area is 130 Å². The fourth-order valence-electron chi connectivity index (χ4n) is 1.81. The van der Waals surface area contributed by atoms with E-state index in [0.717, 1.165) is 18.4 Å². The first-order chi connectivity index (χ1) is 9.79. The number of carbonyl (C=O) groups is 1. The monoisotopic (exact) mass is 309 g/mol. The molecule has 2 aromatic rings. The fraction of sp³-hybridized carbons (Fsp3) is 0.357. The lowest BCUT2D eigenvalue weighted by molar-refractivity contribution is 0.0948. The number of hydrogen-bond donors (Lipinski definition) is 2. The Morgan fingerprint density at radius 3 is 2.71 bits per heavy atom. The summed E-state index contributed by atoms with van der Waals surface area (Å²) in [6.07, 6.45) is 3.44. The largest absolute Gasteiger partial charge is 0.351 e. The number of halogens is 1. The molecule has 0 radical (unpaired) electrons. The number of hydrogen-bond acceptors (Lipinski definition) is 4. The highest BCUT2D eigenvalue weighted by Crippen LogP contribution is 2.02. The number of amides is 1. The van der Waals surface area contributed by atoms with Crippen molar-refractivity contribution in [2.45, 2.75) is 19.4 Å². The summed E-state index contributed by atoms with van der Waals surface area (Å²) in [7, 11) is 0. The molecule has 2 rings (SSSR count). The van der Waals surface area contributed by atoms with Crippen molar-refractivity contribution in [3.8, 4) is 0 Å². The molecule has 0 aliphatic heterocycles. The van der Waals surface area contributed by atoms with Crippen molar-refractivity contribution in [1.82, 2.24) is 20.3 Å². The van der Waals surface area contributed by atoms with Crippen LogP contribution in [0.4, 0.5) is 0 Å². The molecule has 0 atom stereocenters. The van der Waals surface area contributed by atoms with E-state index in [1.807, 2.05) is 30.3 Å². The summed E-state index contributed by atoms with van der Waals surface area (Å²) in [5.74, 6) is -0.193. The smallest absolute Gasteiger partial charge is 0.273 e. The van der Waals surface area contributed by atoms with E-state index in [0.29, 0.717) is 25.3 Å². The lowest BCUT2D eigenvalue weighted by Crippen LogP contribution is -2.25. The van der Waals surface area contributed by atoms with Gasteiger partial charge >= 0.3 is 0 Å². The van der Waals surface area contributed by atoms with Gasteiger partial charge in [-0.15, -0.1) is 17.5 Å². The zero-order chi connectivity index (χ0) is 14.2. The number of aromatic nitrogens is 3. The first-order valence-electron chi connectivity index (χ1n) is 6.72. The maximum Gasteiger partial charge on any atom is 0.273 e. The zero-order valence-corrected chi connectivity index (χ0v) is 12.6. The molecule has 1 aromatic carbocycles. The summed E-state index contributed by atoms with van der Waals surface area (Å²) in [5, 5.41) is 10.7. The van der Waals surface area contributed by atoms with Crippen molar-refractivity contribution in [3.05, 3.63) is 47.8 Å². The van der Waals surface area contributed by atoms with Gasteiger partial charge in [0.1, 0.15) is 0 Å². The van der Waals surface area contributed by atoms with Gasteiger partial charge in [-0.3, -0.25) is 4.79 Å². The Kier molecular flexibility index (Phi) is 7.42. The summed E-state index contributed by atoms with van der Waals surface area (Å²) >= 11 is 0. The van der Waals surface area contributed by atoms with Crippen LogP contribution in [-0.2, 0) is 6.54 Å². The third kappa shape index (κ3) is 5.53. The molecule has 1 amide bonds. The van der Waals surface area contributed by atoms with E-state index in [9.17, 15) is 4.79 Å². The van der Waals surface area contributed by atoms with Gasteiger partial charge in [-0.25, -0.2) is 4.68 Å². The van der Waals surface area contributed by atoms with Gasteiger partial charge in [-0.2, -0.15) is 0 Å². The zero-order valence-electron chi connectivity index (χ0n) is 11.7. The summed E-state index contributed by atoms with van der Waals surface area (Å²) in [6, 6.07) is 9.92. The van der Waals surface area contributed by atoms with Gasteiger partial charge in [0.2, 0.25) is 0 Å². The molecule has 7 heteroatoms. The number of carbonyl (C=O) groups excluding carboxylic acids is 1. The average Bonchev–Trinajstić information content (AvgIpc) is 2.93. The molecule has 0 aliphatic carbocycles. The van der Waals surface area contributed by atoms with Crippen molar-refractivity contribution >= 4 is 18.3 Å². The van der Waals surface area contributed by atoms with E-state index < -0.39 is 0 Å². The number of nitrogens with two attached hydrogens (primary N) is 1. The van der Waals surface area contributed by atoms with Gasteiger partial charge in [0.05, 0.1) is 12.7 Å². The van der Waals surface area contributed by atoms with Crippen LogP contribution in [0.15, 0.2) is 36.5 Å². The lowest BCUT2D eigenvalue weighted by Gasteiger charge is -2.01. The topological polar surface area (TPSA) is 85.8 Å². The first-order valence-corrected chi connectivity index (χ1v) is 6.72. The number of nitrogens with one attached hydrogen (secondary N) is 1. The van der Waals surface area contributed by atoms with Gasteiger partial charge in [0.25, 0.3) is 5.91 Å². The minimum atomic E-state index is -0.193. The molecule has 21 heavy (non-hydrogen) atoms. The van der Waals surface area contributed by atoms with Crippen LogP contribution in [0.3, 0.4) is 0 Å². The quantitative estimate of drug-likeness (QED) is 0.753. The Morgan fingerprint density at radius 2 is 2.00 bits per heavy atom. The van der Waals surface area contributed by atoms with Crippen LogP contribution in [0.5, 0.6) is 0 Å². The number of benzene rings is 1. The van der Waals surface area contributed by atoms with Crippen LogP contribution in [0.25, 0.3) is 0 Å². The second-order valence-corrected chi connectivity index (χ2v) is 4.54. The fourth-order valence-corrected chi connectivity index (χ4v) is 1.81.